The quantitative estimate of drug-likeness (QED) is 0.847. The molecular formula is C10H12F2O3. The van der Waals surface area contributed by atoms with E-state index in [1.165, 1.54) is 14.2 Å². The van der Waals surface area contributed by atoms with Crippen LogP contribution in [0, 0.1) is 0 Å². The van der Waals surface area contributed by atoms with Gasteiger partial charge >= 0.3 is 0 Å². The second-order valence-electron chi connectivity index (χ2n) is 3.12. The molecule has 0 unspecified atom stereocenters. The molecule has 84 valence electrons. The van der Waals surface area contributed by atoms with Crippen molar-refractivity contribution in [3.63, 3.8) is 0 Å². The van der Waals surface area contributed by atoms with Gasteiger partial charge in [-0.25, -0.2) is 8.78 Å². The van der Waals surface area contributed by atoms with E-state index in [0.29, 0.717) is 0 Å². The Kier molecular flexibility index (Phi) is 3.02. The molecule has 1 rings (SSSR count). The lowest BCUT2D eigenvalue weighted by atomic mass is 10.1. The molecule has 3 nitrogen and oxygen atoms in total. The zero-order valence-electron chi connectivity index (χ0n) is 8.67. The minimum absolute atomic E-state index is 0.0468. The number of ether oxygens (including phenoxy) is 2. The Labute approximate surface area is 86.2 Å². The van der Waals surface area contributed by atoms with Gasteiger partial charge in [0, 0.05) is 12.5 Å². The van der Waals surface area contributed by atoms with Crippen LogP contribution >= 0.6 is 0 Å². The normalized spacial score (nSPS) is 11.3. The maximum absolute atomic E-state index is 13.0. The number of hydrogen-bond acceptors (Lipinski definition) is 3. The van der Waals surface area contributed by atoms with Crippen molar-refractivity contribution in [2.24, 2.45) is 0 Å². The summed E-state index contributed by atoms with van der Waals surface area (Å²) >= 11 is 0. The van der Waals surface area contributed by atoms with Crippen LogP contribution in [0.25, 0.3) is 0 Å². The van der Waals surface area contributed by atoms with E-state index < -0.39 is 5.92 Å². The standard InChI is InChI=1S/C10H12F2O3/c1-10(11,12)6-4-7(13)9(15-3)8(5-6)14-2/h4-5,13H,1-3H3. The number of benzene rings is 1. The fraction of sp³-hybridized carbons (Fsp3) is 0.400. The van der Waals surface area contributed by atoms with Crippen LogP contribution in [0.4, 0.5) is 8.78 Å². The Balaban J connectivity index is 3.32. The van der Waals surface area contributed by atoms with E-state index >= 15 is 0 Å². The average Bonchev–Trinajstić information content (AvgIpc) is 2.15. The fourth-order valence-corrected chi connectivity index (χ4v) is 1.20. The highest BCUT2D eigenvalue weighted by atomic mass is 19.3. The molecule has 0 saturated heterocycles. The summed E-state index contributed by atoms with van der Waals surface area (Å²) in [5.41, 5.74) is -0.322. The van der Waals surface area contributed by atoms with E-state index in [1.54, 1.807) is 0 Å². The van der Waals surface area contributed by atoms with Crippen LogP contribution in [-0.4, -0.2) is 19.3 Å². The number of methoxy groups -OCH3 is 2. The Bertz CT molecular complexity index is 358. The van der Waals surface area contributed by atoms with Gasteiger partial charge in [-0.1, -0.05) is 0 Å². The first-order valence-electron chi connectivity index (χ1n) is 4.23. The molecule has 0 amide bonds. The molecule has 1 aromatic carbocycles. The molecule has 0 aliphatic heterocycles. The molecule has 0 aliphatic carbocycles. The molecule has 0 aromatic heterocycles. The molecule has 0 bridgehead atoms. The Morgan fingerprint density at radius 2 is 1.80 bits per heavy atom. The molecule has 15 heavy (non-hydrogen) atoms. The van der Waals surface area contributed by atoms with Crippen LogP contribution in [0.3, 0.4) is 0 Å². The molecule has 0 atom stereocenters. The lowest BCUT2D eigenvalue weighted by Gasteiger charge is -2.15. The number of alkyl halides is 2. The van der Waals surface area contributed by atoms with Gasteiger partial charge in [-0.05, 0) is 12.1 Å². The summed E-state index contributed by atoms with van der Waals surface area (Å²) in [4.78, 5) is 0. The van der Waals surface area contributed by atoms with E-state index in [2.05, 4.69) is 0 Å². The van der Waals surface area contributed by atoms with Gasteiger partial charge in [0.2, 0.25) is 5.75 Å². The first kappa shape index (κ1) is 11.6. The summed E-state index contributed by atoms with van der Waals surface area (Å²) < 4.78 is 35.6. The molecule has 1 aromatic rings. The highest BCUT2D eigenvalue weighted by molar-refractivity contribution is 5.53. The van der Waals surface area contributed by atoms with Crippen molar-refractivity contribution in [2.75, 3.05) is 14.2 Å². The summed E-state index contributed by atoms with van der Waals surface area (Å²) in [6.45, 7) is 0.744. The van der Waals surface area contributed by atoms with Crippen molar-refractivity contribution >= 4 is 0 Å². The van der Waals surface area contributed by atoms with Gasteiger partial charge in [-0.15, -0.1) is 0 Å². The summed E-state index contributed by atoms with van der Waals surface area (Å²) in [6, 6.07) is 2.10. The first-order chi connectivity index (χ1) is 6.90. The lowest BCUT2D eigenvalue weighted by Crippen LogP contribution is -2.07. The van der Waals surface area contributed by atoms with Gasteiger partial charge in [0.15, 0.2) is 11.5 Å². The minimum Gasteiger partial charge on any atom is -0.504 e. The number of halogens is 2. The zero-order valence-corrected chi connectivity index (χ0v) is 8.67. The smallest absolute Gasteiger partial charge is 0.270 e. The van der Waals surface area contributed by atoms with E-state index in [-0.39, 0.29) is 22.8 Å². The largest absolute Gasteiger partial charge is 0.504 e. The monoisotopic (exact) mass is 218 g/mol. The third-order valence-corrected chi connectivity index (χ3v) is 1.97. The van der Waals surface area contributed by atoms with E-state index in [4.69, 9.17) is 9.47 Å². The molecule has 0 saturated carbocycles. The third-order valence-electron chi connectivity index (χ3n) is 1.97. The van der Waals surface area contributed by atoms with Crippen molar-refractivity contribution in [3.8, 4) is 17.2 Å². The molecule has 0 heterocycles. The van der Waals surface area contributed by atoms with Crippen LogP contribution in [0.1, 0.15) is 12.5 Å². The minimum atomic E-state index is -3.03. The molecule has 0 radical (unpaired) electrons. The predicted molar refractivity (Wildman–Crippen MR) is 50.8 cm³/mol. The first-order valence-corrected chi connectivity index (χ1v) is 4.23. The van der Waals surface area contributed by atoms with Gasteiger partial charge in [-0.2, -0.15) is 0 Å². The van der Waals surface area contributed by atoms with Gasteiger partial charge in [0.1, 0.15) is 0 Å². The Morgan fingerprint density at radius 1 is 1.20 bits per heavy atom. The van der Waals surface area contributed by atoms with Crippen LogP contribution < -0.4 is 9.47 Å². The van der Waals surface area contributed by atoms with Gasteiger partial charge in [-0.3, -0.25) is 0 Å². The van der Waals surface area contributed by atoms with Gasteiger partial charge in [0.25, 0.3) is 5.92 Å². The van der Waals surface area contributed by atoms with Crippen molar-refractivity contribution in [1.82, 2.24) is 0 Å². The highest BCUT2D eigenvalue weighted by Crippen LogP contribution is 2.41. The molecular weight excluding hydrogens is 206 g/mol. The Morgan fingerprint density at radius 3 is 2.20 bits per heavy atom. The molecule has 0 aliphatic rings. The molecule has 0 fully saturated rings. The van der Waals surface area contributed by atoms with E-state index in [0.717, 1.165) is 19.1 Å². The lowest BCUT2D eigenvalue weighted by molar-refractivity contribution is 0.0169. The summed E-state index contributed by atoms with van der Waals surface area (Å²) in [7, 11) is 2.64. The van der Waals surface area contributed by atoms with Crippen molar-refractivity contribution in [2.45, 2.75) is 12.8 Å². The fourth-order valence-electron chi connectivity index (χ4n) is 1.20. The number of phenolic OH excluding ortho intramolecular Hbond substituents is 1. The van der Waals surface area contributed by atoms with Crippen molar-refractivity contribution < 1.29 is 23.4 Å². The molecule has 0 spiro atoms. The summed E-state index contributed by atoms with van der Waals surface area (Å²) in [6.07, 6.45) is 0. The third kappa shape index (κ3) is 2.29. The predicted octanol–water partition coefficient (Wildman–Crippen LogP) is 2.52. The highest BCUT2D eigenvalue weighted by Gasteiger charge is 2.27. The van der Waals surface area contributed by atoms with Crippen LogP contribution in [-0.2, 0) is 5.92 Å². The Hall–Kier alpha value is -1.52. The van der Waals surface area contributed by atoms with Crippen LogP contribution in [0.15, 0.2) is 12.1 Å². The number of hydrogen-bond donors (Lipinski definition) is 1. The van der Waals surface area contributed by atoms with Crippen molar-refractivity contribution in [3.05, 3.63) is 17.7 Å². The average molecular weight is 218 g/mol. The summed E-state index contributed by atoms with van der Waals surface area (Å²) in [5, 5.41) is 9.43. The molecule has 5 heteroatoms. The maximum atomic E-state index is 13.0. The van der Waals surface area contributed by atoms with E-state index in [9.17, 15) is 13.9 Å². The maximum Gasteiger partial charge on any atom is 0.270 e. The SMILES string of the molecule is COc1cc(C(C)(F)F)cc(O)c1OC. The van der Waals surface area contributed by atoms with Crippen LogP contribution in [0.5, 0.6) is 17.2 Å². The number of aromatic hydroxyl groups is 1. The van der Waals surface area contributed by atoms with Crippen LogP contribution in [0.2, 0.25) is 0 Å². The number of rotatable bonds is 3. The topological polar surface area (TPSA) is 38.7 Å². The summed E-state index contributed by atoms with van der Waals surface area (Å²) in [5.74, 6) is -3.27. The second kappa shape index (κ2) is 3.92. The van der Waals surface area contributed by atoms with Gasteiger partial charge < -0.3 is 14.6 Å². The zero-order chi connectivity index (χ0) is 11.6. The van der Waals surface area contributed by atoms with E-state index in [1.807, 2.05) is 0 Å². The second-order valence-corrected chi connectivity index (χ2v) is 3.12. The molecule has 1 N–H and O–H groups in total. The van der Waals surface area contributed by atoms with Crippen molar-refractivity contribution in [1.29, 1.82) is 0 Å². The van der Waals surface area contributed by atoms with Gasteiger partial charge in [0.05, 0.1) is 14.2 Å². The number of phenols is 1.